The number of carbonyl (C=O) groups is 1. The largest absolute Gasteiger partial charge is 0.330 e. The first-order valence-corrected chi connectivity index (χ1v) is 6.20. The highest BCUT2D eigenvalue weighted by atomic mass is 32.1. The van der Waals surface area contributed by atoms with Crippen molar-refractivity contribution in [3.05, 3.63) is 65.5 Å². The highest BCUT2D eigenvalue weighted by Crippen LogP contribution is 2.16. The zero-order valence-electron chi connectivity index (χ0n) is 10.5. The van der Waals surface area contributed by atoms with Crippen LogP contribution in [0, 0.1) is 17.5 Å². The van der Waals surface area contributed by atoms with E-state index in [4.69, 9.17) is 12.2 Å². The molecule has 3 nitrogen and oxygen atoms in total. The molecule has 0 fully saturated rings. The fourth-order valence-corrected chi connectivity index (χ4v) is 1.77. The summed E-state index contributed by atoms with van der Waals surface area (Å²) < 4.78 is 39.8. The van der Waals surface area contributed by atoms with Crippen molar-refractivity contribution in [2.24, 2.45) is 0 Å². The minimum absolute atomic E-state index is 0.207. The molecule has 2 N–H and O–H groups in total. The Morgan fingerprint density at radius 2 is 1.62 bits per heavy atom. The van der Waals surface area contributed by atoms with E-state index in [2.05, 4.69) is 10.6 Å². The Labute approximate surface area is 123 Å². The number of amides is 1. The predicted octanol–water partition coefficient (Wildman–Crippen LogP) is 3.23. The number of hydrogen-bond acceptors (Lipinski definition) is 2. The maximum atomic E-state index is 13.4. The maximum absolute atomic E-state index is 13.4. The first-order valence-electron chi connectivity index (χ1n) is 5.80. The van der Waals surface area contributed by atoms with Gasteiger partial charge in [0, 0.05) is 0 Å². The molecule has 108 valence electrons. The number of anilines is 1. The lowest BCUT2D eigenvalue weighted by atomic mass is 10.2. The molecule has 21 heavy (non-hydrogen) atoms. The Kier molecular flexibility index (Phi) is 4.54. The Morgan fingerprint density at radius 1 is 0.952 bits per heavy atom. The van der Waals surface area contributed by atoms with Gasteiger partial charge < -0.3 is 5.32 Å². The van der Waals surface area contributed by atoms with Gasteiger partial charge in [-0.05, 0) is 36.5 Å². The second kappa shape index (κ2) is 6.36. The first-order chi connectivity index (χ1) is 9.99. The van der Waals surface area contributed by atoms with Crippen LogP contribution in [0.3, 0.4) is 0 Å². The van der Waals surface area contributed by atoms with E-state index in [0.717, 1.165) is 12.1 Å². The van der Waals surface area contributed by atoms with E-state index in [9.17, 15) is 18.0 Å². The average Bonchev–Trinajstić information content (AvgIpc) is 2.44. The lowest BCUT2D eigenvalue weighted by Gasteiger charge is -2.10. The highest BCUT2D eigenvalue weighted by molar-refractivity contribution is 7.80. The molecule has 0 aliphatic carbocycles. The molecule has 0 aliphatic heterocycles. The molecular weight excluding hydrogens is 301 g/mol. The molecule has 0 radical (unpaired) electrons. The van der Waals surface area contributed by atoms with Gasteiger partial charge in [0.15, 0.2) is 16.7 Å². The van der Waals surface area contributed by atoms with Crippen LogP contribution in [0.5, 0.6) is 0 Å². The Morgan fingerprint density at radius 3 is 2.33 bits per heavy atom. The number of nitrogens with one attached hydrogen (secondary N) is 2. The van der Waals surface area contributed by atoms with Gasteiger partial charge in [-0.25, -0.2) is 13.2 Å². The average molecular weight is 310 g/mol. The fraction of sp³-hybridized carbons (Fsp3) is 0. The van der Waals surface area contributed by atoms with E-state index < -0.39 is 23.4 Å². The normalized spacial score (nSPS) is 10.0. The summed E-state index contributed by atoms with van der Waals surface area (Å²) in [5.74, 6) is -3.68. The van der Waals surface area contributed by atoms with E-state index in [1.54, 1.807) is 0 Å². The van der Waals surface area contributed by atoms with Gasteiger partial charge in [-0.1, -0.05) is 18.2 Å². The number of carbonyl (C=O) groups excluding carboxylic acids is 1. The van der Waals surface area contributed by atoms with Crippen LogP contribution in [0.2, 0.25) is 0 Å². The maximum Gasteiger partial charge on any atom is 0.260 e. The van der Waals surface area contributed by atoms with Crippen molar-refractivity contribution in [2.75, 3.05) is 5.32 Å². The Balaban J connectivity index is 2.07. The molecule has 0 saturated carbocycles. The summed E-state index contributed by atoms with van der Waals surface area (Å²) in [5.41, 5.74) is -0.435. The second-order valence-electron chi connectivity index (χ2n) is 3.99. The number of rotatable bonds is 2. The summed E-state index contributed by atoms with van der Waals surface area (Å²) in [5, 5.41) is 4.25. The van der Waals surface area contributed by atoms with Crippen molar-refractivity contribution >= 4 is 28.9 Å². The van der Waals surface area contributed by atoms with Crippen LogP contribution in [0.1, 0.15) is 10.4 Å². The van der Waals surface area contributed by atoms with Gasteiger partial charge >= 0.3 is 0 Å². The summed E-state index contributed by atoms with van der Waals surface area (Å²) in [4.78, 5) is 11.8. The van der Waals surface area contributed by atoms with Gasteiger partial charge in [-0.2, -0.15) is 0 Å². The molecule has 0 saturated heterocycles. The zero-order chi connectivity index (χ0) is 15.4. The van der Waals surface area contributed by atoms with E-state index in [0.29, 0.717) is 0 Å². The molecule has 2 rings (SSSR count). The molecule has 2 aromatic rings. The molecule has 0 spiro atoms. The number of benzene rings is 2. The monoisotopic (exact) mass is 310 g/mol. The van der Waals surface area contributed by atoms with Crippen LogP contribution < -0.4 is 10.6 Å². The van der Waals surface area contributed by atoms with Crippen molar-refractivity contribution in [1.29, 1.82) is 0 Å². The number of hydrogen-bond donors (Lipinski definition) is 2. The van der Waals surface area contributed by atoms with Crippen molar-refractivity contribution in [1.82, 2.24) is 5.32 Å². The molecule has 0 aliphatic rings. The number of halogens is 3. The van der Waals surface area contributed by atoms with Gasteiger partial charge in [-0.15, -0.1) is 0 Å². The molecule has 0 bridgehead atoms. The van der Waals surface area contributed by atoms with Crippen LogP contribution in [0.15, 0.2) is 42.5 Å². The topological polar surface area (TPSA) is 41.1 Å². The van der Waals surface area contributed by atoms with Crippen LogP contribution in [-0.4, -0.2) is 11.0 Å². The third-order valence-corrected chi connectivity index (χ3v) is 2.75. The molecule has 0 atom stereocenters. The summed E-state index contributed by atoms with van der Waals surface area (Å²) in [6.45, 7) is 0. The molecule has 7 heteroatoms. The van der Waals surface area contributed by atoms with E-state index in [1.807, 2.05) is 0 Å². The third kappa shape index (κ3) is 3.57. The molecule has 0 unspecified atom stereocenters. The Bertz CT molecular complexity index is 706. The summed E-state index contributed by atoms with van der Waals surface area (Å²) in [6.07, 6.45) is 0. The lowest BCUT2D eigenvalue weighted by molar-refractivity contribution is 0.0974. The standard InChI is InChI=1S/C14H9F3N2OS/c15-9-5-2-1-4-8(9)13(20)19-14(21)18-11-7-3-6-10(16)12(11)17/h1-7H,(H2,18,19,20,21). The van der Waals surface area contributed by atoms with Crippen LogP contribution in [-0.2, 0) is 0 Å². The van der Waals surface area contributed by atoms with E-state index >= 15 is 0 Å². The van der Waals surface area contributed by atoms with E-state index in [1.165, 1.54) is 30.3 Å². The van der Waals surface area contributed by atoms with Crippen LogP contribution >= 0.6 is 12.2 Å². The Hall–Kier alpha value is -2.41. The molecule has 0 heterocycles. The second-order valence-corrected chi connectivity index (χ2v) is 4.40. The lowest BCUT2D eigenvalue weighted by Crippen LogP contribution is -2.34. The predicted molar refractivity (Wildman–Crippen MR) is 76.4 cm³/mol. The molecular formula is C14H9F3N2OS. The SMILES string of the molecule is O=C(NC(=S)Nc1cccc(F)c1F)c1ccccc1F. The summed E-state index contributed by atoms with van der Waals surface area (Å²) in [6, 6.07) is 8.79. The van der Waals surface area contributed by atoms with Gasteiger partial charge in [0.05, 0.1) is 11.3 Å². The minimum Gasteiger partial charge on any atom is -0.330 e. The first kappa shape index (κ1) is 15.0. The fourth-order valence-electron chi connectivity index (χ4n) is 1.57. The molecule has 0 aromatic heterocycles. The van der Waals surface area contributed by atoms with Gasteiger partial charge in [0.1, 0.15) is 5.82 Å². The van der Waals surface area contributed by atoms with Gasteiger partial charge in [-0.3, -0.25) is 10.1 Å². The quantitative estimate of drug-likeness (QED) is 0.837. The third-order valence-electron chi connectivity index (χ3n) is 2.55. The van der Waals surface area contributed by atoms with Crippen LogP contribution in [0.25, 0.3) is 0 Å². The summed E-state index contributed by atoms with van der Waals surface area (Å²) >= 11 is 4.80. The number of thiocarbonyl (C=S) groups is 1. The van der Waals surface area contributed by atoms with Crippen molar-refractivity contribution in [3.8, 4) is 0 Å². The van der Waals surface area contributed by atoms with Crippen LogP contribution in [0.4, 0.5) is 18.9 Å². The van der Waals surface area contributed by atoms with Crippen molar-refractivity contribution in [3.63, 3.8) is 0 Å². The molecule has 2 aromatic carbocycles. The van der Waals surface area contributed by atoms with Crippen molar-refractivity contribution < 1.29 is 18.0 Å². The van der Waals surface area contributed by atoms with Gasteiger partial charge in [0.2, 0.25) is 0 Å². The van der Waals surface area contributed by atoms with E-state index in [-0.39, 0.29) is 16.4 Å². The minimum atomic E-state index is -1.13. The molecule has 1 amide bonds. The summed E-state index contributed by atoms with van der Waals surface area (Å²) in [7, 11) is 0. The van der Waals surface area contributed by atoms with Crippen molar-refractivity contribution in [2.45, 2.75) is 0 Å². The highest BCUT2D eigenvalue weighted by Gasteiger charge is 2.14. The van der Waals surface area contributed by atoms with Gasteiger partial charge in [0.25, 0.3) is 5.91 Å². The smallest absolute Gasteiger partial charge is 0.260 e. The zero-order valence-corrected chi connectivity index (χ0v) is 11.3.